The molecule has 150 valence electrons. The molecule has 0 saturated carbocycles. The number of aryl methyl sites for hydroxylation is 2. The third kappa shape index (κ3) is 5.10. The molecule has 3 N–H and O–H groups in total. The lowest BCUT2D eigenvalue weighted by Crippen LogP contribution is -2.01. The zero-order chi connectivity index (χ0) is 21.7. The monoisotopic (exact) mass is 396 g/mol. The minimum Gasteiger partial charge on any atom is -0.438 e. The van der Waals surface area contributed by atoms with Gasteiger partial charge in [0.05, 0.1) is 17.3 Å². The number of benzene rings is 2. The van der Waals surface area contributed by atoms with Crippen molar-refractivity contribution in [2.24, 2.45) is 5.92 Å². The third-order valence-corrected chi connectivity index (χ3v) is 4.35. The van der Waals surface area contributed by atoms with Crippen molar-refractivity contribution >= 4 is 17.2 Å². The second kappa shape index (κ2) is 9.03. The van der Waals surface area contributed by atoms with Gasteiger partial charge in [-0.3, -0.25) is 0 Å². The number of nitrogen functional groups attached to an aromatic ring is 1. The first-order chi connectivity index (χ1) is 14.4. The molecule has 0 amide bonds. The highest BCUT2D eigenvalue weighted by Gasteiger charge is 2.10. The molecule has 1 heterocycles. The van der Waals surface area contributed by atoms with Crippen LogP contribution in [-0.4, -0.2) is 4.98 Å². The fourth-order valence-electron chi connectivity index (χ4n) is 2.89. The Morgan fingerprint density at radius 3 is 2.27 bits per heavy atom. The summed E-state index contributed by atoms with van der Waals surface area (Å²) in [4.78, 5) is 4.52. The number of nitrogens with one attached hydrogen (secondary N) is 1. The van der Waals surface area contributed by atoms with E-state index in [9.17, 15) is 0 Å². The zero-order valence-corrected chi connectivity index (χ0v) is 17.6. The van der Waals surface area contributed by atoms with E-state index in [0.717, 1.165) is 28.1 Å². The average molecular weight is 396 g/mol. The summed E-state index contributed by atoms with van der Waals surface area (Å²) in [5.74, 6) is 8.40. The lowest BCUT2D eigenvalue weighted by molar-refractivity contribution is 0.457. The van der Waals surface area contributed by atoms with Gasteiger partial charge >= 0.3 is 0 Å². The first kappa shape index (κ1) is 20.8. The second-order valence-electron chi connectivity index (χ2n) is 7.37. The van der Waals surface area contributed by atoms with E-state index in [1.807, 2.05) is 26.0 Å². The largest absolute Gasteiger partial charge is 0.438 e. The summed E-state index contributed by atoms with van der Waals surface area (Å²) in [6.07, 6.45) is 0. The number of pyridine rings is 1. The zero-order valence-electron chi connectivity index (χ0n) is 17.6. The lowest BCUT2D eigenvalue weighted by Gasteiger charge is -2.14. The molecule has 5 nitrogen and oxygen atoms in total. The van der Waals surface area contributed by atoms with Gasteiger partial charge in [-0.1, -0.05) is 25.7 Å². The van der Waals surface area contributed by atoms with Gasteiger partial charge < -0.3 is 15.8 Å². The van der Waals surface area contributed by atoms with Gasteiger partial charge in [-0.15, -0.1) is 0 Å². The van der Waals surface area contributed by atoms with Crippen molar-refractivity contribution in [3.05, 3.63) is 70.8 Å². The Balaban J connectivity index is 1.84. The highest BCUT2D eigenvalue weighted by atomic mass is 16.5. The van der Waals surface area contributed by atoms with Crippen molar-refractivity contribution in [1.29, 1.82) is 5.26 Å². The van der Waals surface area contributed by atoms with Gasteiger partial charge in [-0.05, 0) is 67.4 Å². The molecule has 0 saturated heterocycles. The predicted octanol–water partition coefficient (Wildman–Crippen LogP) is 5.70. The molecular weight excluding hydrogens is 372 g/mol. The number of ether oxygens (including phenoxy) is 1. The highest BCUT2D eigenvalue weighted by Crippen LogP contribution is 2.31. The quantitative estimate of drug-likeness (QED) is 0.553. The molecule has 3 rings (SSSR count). The summed E-state index contributed by atoms with van der Waals surface area (Å²) in [5, 5.41) is 12.1. The summed E-state index contributed by atoms with van der Waals surface area (Å²) in [6.45, 7) is 8.13. The van der Waals surface area contributed by atoms with Gasteiger partial charge in [0.15, 0.2) is 5.82 Å². The van der Waals surface area contributed by atoms with E-state index in [0.29, 0.717) is 28.9 Å². The van der Waals surface area contributed by atoms with Crippen LogP contribution in [0.15, 0.2) is 48.5 Å². The van der Waals surface area contributed by atoms with Crippen LogP contribution >= 0.6 is 0 Å². The summed E-state index contributed by atoms with van der Waals surface area (Å²) in [5.41, 5.74) is 10.9. The van der Waals surface area contributed by atoms with Gasteiger partial charge in [0.25, 0.3) is 0 Å². The molecule has 3 aromatic rings. The van der Waals surface area contributed by atoms with Gasteiger partial charge in [-0.25, -0.2) is 0 Å². The molecule has 30 heavy (non-hydrogen) atoms. The molecule has 0 atom stereocenters. The molecular formula is C25H24N4O. The normalized spacial score (nSPS) is 10.1. The Labute approximate surface area is 177 Å². The van der Waals surface area contributed by atoms with Crippen molar-refractivity contribution in [2.45, 2.75) is 27.7 Å². The SMILES string of the molecule is Cc1cc(C#CC(C)C)cc(C)c1Oc1ccc(N)c(Nc2ccc(C#N)cc2)n1. The Bertz CT molecular complexity index is 1140. The van der Waals surface area contributed by atoms with Crippen molar-refractivity contribution in [3.8, 4) is 29.5 Å². The maximum absolute atomic E-state index is 8.93. The average Bonchev–Trinajstić information content (AvgIpc) is 2.72. The fourth-order valence-corrected chi connectivity index (χ4v) is 2.89. The van der Waals surface area contributed by atoms with Crippen LogP contribution in [0, 0.1) is 42.9 Å². The number of nitrogens with two attached hydrogens (primary N) is 1. The highest BCUT2D eigenvalue weighted by molar-refractivity contribution is 5.69. The van der Waals surface area contributed by atoms with Crippen LogP contribution in [0.5, 0.6) is 11.6 Å². The van der Waals surface area contributed by atoms with Crippen LogP contribution in [0.25, 0.3) is 0 Å². The van der Waals surface area contributed by atoms with Crippen LogP contribution in [0.4, 0.5) is 17.2 Å². The molecule has 0 radical (unpaired) electrons. The van der Waals surface area contributed by atoms with E-state index < -0.39 is 0 Å². The Morgan fingerprint density at radius 1 is 1.00 bits per heavy atom. The van der Waals surface area contributed by atoms with E-state index in [1.54, 1.807) is 36.4 Å². The molecule has 0 aliphatic heterocycles. The summed E-state index contributed by atoms with van der Waals surface area (Å²) < 4.78 is 6.09. The number of nitrogens with zero attached hydrogens (tertiary/aromatic N) is 2. The second-order valence-corrected chi connectivity index (χ2v) is 7.37. The topological polar surface area (TPSA) is 84.0 Å². The van der Waals surface area contributed by atoms with Gasteiger partial charge in [0.2, 0.25) is 5.88 Å². The summed E-state index contributed by atoms with van der Waals surface area (Å²) in [6, 6.07) is 16.7. The summed E-state index contributed by atoms with van der Waals surface area (Å²) >= 11 is 0. The number of hydrogen-bond acceptors (Lipinski definition) is 5. The van der Waals surface area contributed by atoms with E-state index in [2.05, 4.69) is 42.1 Å². The van der Waals surface area contributed by atoms with Crippen molar-refractivity contribution in [2.75, 3.05) is 11.1 Å². The van der Waals surface area contributed by atoms with E-state index in [-0.39, 0.29) is 0 Å². The van der Waals surface area contributed by atoms with Crippen LogP contribution in [-0.2, 0) is 0 Å². The molecule has 0 unspecified atom stereocenters. The first-order valence-electron chi connectivity index (χ1n) is 9.70. The summed E-state index contributed by atoms with van der Waals surface area (Å²) in [7, 11) is 0. The van der Waals surface area contributed by atoms with E-state index >= 15 is 0 Å². The van der Waals surface area contributed by atoms with E-state index in [4.69, 9.17) is 15.7 Å². The maximum Gasteiger partial charge on any atom is 0.221 e. The number of hydrogen-bond donors (Lipinski definition) is 2. The van der Waals surface area contributed by atoms with Crippen LogP contribution < -0.4 is 15.8 Å². The smallest absolute Gasteiger partial charge is 0.221 e. The van der Waals surface area contributed by atoms with Gasteiger partial charge in [0, 0.05) is 23.2 Å². The fraction of sp³-hybridized carbons (Fsp3) is 0.200. The standard InChI is InChI=1S/C25H24N4O/c1-16(2)5-6-20-13-17(3)24(18(4)14-20)30-23-12-11-22(27)25(29-23)28-21-9-7-19(15-26)8-10-21/h7-14,16H,27H2,1-4H3,(H,28,29). The number of aromatic nitrogens is 1. The molecule has 0 aliphatic carbocycles. The third-order valence-electron chi connectivity index (χ3n) is 4.35. The molecule has 1 aromatic heterocycles. The van der Waals surface area contributed by atoms with Crippen LogP contribution in [0.2, 0.25) is 0 Å². The molecule has 0 spiro atoms. The van der Waals surface area contributed by atoms with Crippen LogP contribution in [0.3, 0.4) is 0 Å². The molecule has 2 aromatic carbocycles. The lowest BCUT2D eigenvalue weighted by atomic mass is 10.1. The molecule has 0 aliphatic rings. The van der Waals surface area contributed by atoms with Gasteiger partial charge in [-0.2, -0.15) is 10.2 Å². The maximum atomic E-state index is 8.93. The minimum absolute atomic E-state index is 0.322. The minimum atomic E-state index is 0.322. The number of nitriles is 1. The Morgan fingerprint density at radius 2 is 1.67 bits per heavy atom. The van der Waals surface area contributed by atoms with Gasteiger partial charge in [0.1, 0.15) is 5.75 Å². The molecule has 0 fully saturated rings. The molecule has 5 heteroatoms. The Kier molecular flexibility index (Phi) is 6.25. The van der Waals surface area contributed by atoms with E-state index in [1.165, 1.54) is 0 Å². The van der Waals surface area contributed by atoms with Crippen molar-refractivity contribution < 1.29 is 4.74 Å². The molecule has 0 bridgehead atoms. The Hall–Kier alpha value is -3.96. The van der Waals surface area contributed by atoms with Crippen molar-refractivity contribution in [1.82, 2.24) is 4.98 Å². The predicted molar refractivity (Wildman–Crippen MR) is 121 cm³/mol. The van der Waals surface area contributed by atoms with Crippen molar-refractivity contribution in [3.63, 3.8) is 0 Å². The number of anilines is 3. The number of rotatable bonds is 4. The first-order valence-corrected chi connectivity index (χ1v) is 9.70. The van der Waals surface area contributed by atoms with Crippen LogP contribution in [0.1, 0.15) is 36.1 Å².